The Morgan fingerprint density at radius 1 is 1.17 bits per heavy atom. The number of hydrogen-bond donors (Lipinski definition) is 3. The van der Waals surface area contributed by atoms with Gasteiger partial charge in [-0.15, -0.1) is 22.7 Å². The quantitative estimate of drug-likeness (QED) is 0.520. The average Bonchev–Trinajstić information content (AvgIpc) is 3.12. The average molecular weight is 448 g/mol. The zero-order valence-electron chi connectivity index (χ0n) is 16.6. The molecule has 0 fully saturated rings. The number of benzene rings is 1. The predicted molar refractivity (Wildman–Crippen MR) is 122 cm³/mol. The van der Waals surface area contributed by atoms with Gasteiger partial charge in [-0.25, -0.2) is 0 Å². The number of hydrogen-bond acceptors (Lipinski definition) is 5. The van der Waals surface area contributed by atoms with Crippen LogP contribution < -0.4 is 16.4 Å². The molecule has 0 saturated carbocycles. The van der Waals surface area contributed by atoms with Crippen molar-refractivity contribution in [3.05, 3.63) is 50.2 Å². The summed E-state index contributed by atoms with van der Waals surface area (Å²) in [7, 11) is 0. The van der Waals surface area contributed by atoms with Gasteiger partial charge in [-0.3, -0.25) is 9.59 Å². The molecule has 0 saturated heterocycles. The van der Waals surface area contributed by atoms with Gasteiger partial charge in [0.05, 0.1) is 10.6 Å². The first-order chi connectivity index (χ1) is 13.5. The summed E-state index contributed by atoms with van der Waals surface area (Å²) in [4.78, 5) is 26.8. The van der Waals surface area contributed by atoms with Crippen LogP contribution in [0.4, 0.5) is 5.00 Å². The van der Waals surface area contributed by atoms with Crippen LogP contribution in [-0.4, -0.2) is 17.4 Å². The van der Waals surface area contributed by atoms with E-state index in [9.17, 15) is 9.59 Å². The van der Waals surface area contributed by atoms with Crippen LogP contribution >= 0.6 is 34.3 Å². The fourth-order valence-electron chi connectivity index (χ4n) is 4.20. The second-order valence-corrected chi connectivity index (χ2v) is 10.9. The summed E-state index contributed by atoms with van der Waals surface area (Å²) in [5, 5.41) is 8.26. The molecular formula is C21H22ClN3O2S2. The van der Waals surface area contributed by atoms with Crippen molar-refractivity contribution in [2.45, 2.75) is 45.2 Å². The highest BCUT2D eigenvalue weighted by Crippen LogP contribution is 2.45. The molecule has 5 nitrogen and oxygen atoms in total. The van der Waals surface area contributed by atoms with Crippen molar-refractivity contribution < 1.29 is 9.59 Å². The zero-order chi connectivity index (χ0) is 21.1. The largest absolute Gasteiger partial charge is 0.365 e. The number of nitrogens with one attached hydrogen (secondary N) is 2. The normalized spacial score (nSPS) is 17.1. The maximum Gasteiger partial charge on any atom is 0.267 e. The first kappa shape index (κ1) is 20.3. The van der Waals surface area contributed by atoms with Gasteiger partial charge in [0.15, 0.2) is 0 Å². The molecule has 4 rings (SSSR count). The van der Waals surface area contributed by atoms with Crippen LogP contribution in [0.15, 0.2) is 24.3 Å². The number of halogens is 1. The molecule has 0 radical (unpaired) electrons. The van der Waals surface area contributed by atoms with E-state index in [4.69, 9.17) is 17.3 Å². The van der Waals surface area contributed by atoms with Crippen LogP contribution in [0.3, 0.4) is 0 Å². The summed E-state index contributed by atoms with van der Waals surface area (Å²) in [6, 6.07) is 7.61. The third kappa shape index (κ3) is 3.46. The van der Waals surface area contributed by atoms with Crippen LogP contribution in [0.5, 0.6) is 0 Å². The van der Waals surface area contributed by atoms with Gasteiger partial charge in [-0.05, 0) is 45.7 Å². The van der Waals surface area contributed by atoms with Crippen LogP contribution in [0.1, 0.15) is 58.2 Å². The number of carbonyl (C=O) groups is 2. The molecule has 0 atom stereocenters. The van der Waals surface area contributed by atoms with Gasteiger partial charge in [0.1, 0.15) is 9.88 Å². The van der Waals surface area contributed by atoms with Crippen LogP contribution in [0.2, 0.25) is 5.02 Å². The maximum atomic E-state index is 13.0. The lowest BCUT2D eigenvalue weighted by Gasteiger charge is -2.42. The van der Waals surface area contributed by atoms with E-state index < -0.39 is 5.91 Å². The number of anilines is 1. The van der Waals surface area contributed by atoms with E-state index in [1.807, 2.05) is 24.3 Å². The van der Waals surface area contributed by atoms with Crippen molar-refractivity contribution in [1.29, 1.82) is 0 Å². The molecule has 3 heterocycles. The fraction of sp³-hybridized carbons (Fsp3) is 0.333. The molecule has 4 N–H and O–H groups in total. The molecule has 1 aromatic carbocycles. The van der Waals surface area contributed by atoms with Crippen molar-refractivity contribution in [2.75, 3.05) is 5.32 Å². The second-order valence-electron chi connectivity index (χ2n) is 8.48. The summed E-state index contributed by atoms with van der Waals surface area (Å²) in [6.45, 7) is 8.33. The Hall–Kier alpha value is -1.93. The van der Waals surface area contributed by atoms with Crippen molar-refractivity contribution in [1.82, 2.24) is 5.32 Å². The number of fused-ring (bicyclic) bond motifs is 2. The summed E-state index contributed by atoms with van der Waals surface area (Å²) in [5.41, 5.74) is 6.51. The molecule has 0 bridgehead atoms. The molecule has 0 aliphatic carbocycles. The highest BCUT2D eigenvalue weighted by molar-refractivity contribution is 7.22. The Morgan fingerprint density at radius 3 is 2.52 bits per heavy atom. The predicted octanol–water partition coefficient (Wildman–Crippen LogP) is 5.13. The number of primary amides is 1. The Morgan fingerprint density at radius 2 is 1.86 bits per heavy atom. The summed E-state index contributed by atoms with van der Waals surface area (Å²) in [6.07, 6.45) is 0.653. The summed E-state index contributed by atoms with van der Waals surface area (Å²) in [5.74, 6) is -0.865. The molecule has 2 aromatic heterocycles. The zero-order valence-corrected chi connectivity index (χ0v) is 19.0. The number of amides is 2. The van der Waals surface area contributed by atoms with Crippen LogP contribution in [0, 0.1) is 0 Å². The summed E-state index contributed by atoms with van der Waals surface area (Å²) < 4.78 is 0.940. The van der Waals surface area contributed by atoms with E-state index in [1.54, 1.807) is 0 Å². The Bertz CT molecular complexity index is 1160. The Labute approximate surface area is 182 Å². The van der Waals surface area contributed by atoms with Crippen molar-refractivity contribution in [3.8, 4) is 0 Å². The molecule has 1 aliphatic rings. The van der Waals surface area contributed by atoms with Gasteiger partial charge >= 0.3 is 0 Å². The highest BCUT2D eigenvalue weighted by Gasteiger charge is 2.41. The third-order valence-electron chi connectivity index (χ3n) is 5.06. The lowest BCUT2D eigenvalue weighted by atomic mass is 9.81. The van der Waals surface area contributed by atoms with Gasteiger partial charge in [0.25, 0.3) is 11.8 Å². The lowest BCUT2D eigenvalue weighted by molar-refractivity contribution is 0.0999. The van der Waals surface area contributed by atoms with Crippen LogP contribution in [-0.2, 0) is 12.0 Å². The third-order valence-corrected chi connectivity index (χ3v) is 8.20. The van der Waals surface area contributed by atoms with Crippen molar-refractivity contribution in [3.63, 3.8) is 0 Å². The van der Waals surface area contributed by atoms with Gasteiger partial charge in [0, 0.05) is 26.0 Å². The molecular weight excluding hydrogens is 426 g/mol. The minimum atomic E-state index is -0.534. The number of carbonyl (C=O) groups excluding carboxylic acids is 2. The van der Waals surface area contributed by atoms with E-state index in [1.165, 1.54) is 22.7 Å². The smallest absolute Gasteiger partial charge is 0.267 e. The molecule has 1 aliphatic heterocycles. The van der Waals surface area contributed by atoms with E-state index >= 15 is 0 Å². The Kier molecular flexibility index (Phi) is 4.77. The molecule has 152 valence electrons. The fourth-order valence-corrected chi connectivity index (χ4v) is 6.89. The Balaban J connectivity index is 1.78. The van der Waals surface area contributed by atoms with E-state index in [-0.39, 0.29) is 17.0 Å². The minimum absolute atomic E-state index is 0.197. The summed E-state index contributed by atoms with van der Waals surface area (Å²) >= 11 is 9.19. The first-order valence-electron chi connectivity index (χ1n) is 9.24. The van der Waals surface area contributed by atoms with E-state index in [2.05, 4.69) is 38.3 Å². The second kappa shape index (κ2) is 6.80. The van der Waals surface area contributed by atoms with E-state index in [0.29, 0.717) is 26.9 Å². The lowest BCUT2D eigenvalue weighted by Crippen LogP contribution is -2.55. The van der Waals surface area contributed by atoms with Crippen LogP contribution in [0.25, 0.3) is 10.1 Å². The number of nitrogens with two attached hydrogens (primary N) is 1. The van der Waals surface area contributed by atoms with Gasteiger partial charge in [-0.1, -0.05) is 29.8 Å². The van der Waals surface area contributed by atoms with Crippen molar-refractivity contribution >= 4 is 61.2 Å². The molecule has 8 heteroatoms. The highest BCUT2D eigenvalue weighted by atomic mass is 35.5. The molecule has 0 unspecified atom stereocenters. The van der Waals surface area contributed by atoms with Gasteiger partial charge in [-0.2, -0.15) is 0 Å². The first-order valence-corrected chi connectivity index (χ1v) is 11.2. The SMILES string of the molecule is CC1(C)Cc2c(sc(NC(=O)c3sc4ccccc4c3Cl)c2C(N)=O)C(C)(C)N1. The minimum Gasteiger partial charge on any atom is -0.365 e. The van der Waals surface area contributed by atoms with Gasteiger partial charge in [0.2, 0.25) is 0 Å². The molecule has 2 amide bonds. The monoisotopic (exact) mass is 447 g/mol. The topological polar surface area (TPSA) is 84.2 Å². The van der Waals surface area contributed by atoms with E-state index in [0.717, 1.165) is 20.5 Å². The number of rotatable bonds is 3. The maximum absolute atomic E-state index is 13.0. The molecule has 3 aromatic rings. The molecule has 0 spiro atoms. The van der Waals surface area contributed by atoms with Gasteiger partial charge < -0.3 is 16.4 Å². The molecule has 29 heavy (non-hydrogen) atoms. The van der Waals surface area contributed by atoms with Crippen molar-refractivity contribution in [2.24, 2.45) is 5.73 Å². The number of thiophene rings is 2. The standard InChI is InChI=1S/C21H22ClN3O2S2/c1-20(2)9-11-13(17(23)26)19(29-16(11)21(3,4)25-20)24-18(27)15-14(22)10-7-5-6-8-12(10)28-15/h5-8,25H,9H2,1-4H3,(H2,23,26)(H,24,27).